The monoisotopic (exact) mass is 336 g/mol. The smallest absolute Gasteiger partial charge is 0.242 e. The molecular weight excluding hydrogens is 316 g/mol. The van der Waals surface area contributed by atoms with Crippen LogP contribution in [-0.2, 0) is 27.7 Å². The molecule has 4 rings (SSSR count). The van der Waals surface area contributed by atoms with E-state index in [1.165, 1.54) is 0 Å². The molecule has 3 aliphatic rings. The summed E-state index contributed by atoms with van der Waals surface area (Å²) in [6, 6.07) is -0.196. The summed E-state index contributed by atoms with van der Waals surface area (Å²) in [5, 5.41) is 3.07. The third kappa shape index (κ3) is 2.39. The lowest BCUT2D eigenvalue weighted by molar-refractivity contribution is -0.125. The van der Waals surface area contributed by atoms with E-state index in [4.69, 9.17) is 0 Å². The van der Waals surface area contributed by atoms with Gasteiger partial charge in [0.1, 0.15) is 34.1 Å². The molecule has 1 atom stereocenters. The van der Waals surface area contributed by atoms with Crippen LogP contribution in [0.25, 0.3) is 0 Å². The van der Waals surface area contributed by atoms with Crippen LogP contribution in [0.1, 0.15) is 43.5 Å². The normalized spacial score (nSPS) is 25.3. The predicted octanol–water partition coefficient (Wildman–Crippen LogP) is 0.152. The zero-order valence-electron chi connectivity index (χ0n) is 12.8. The standard InChI is InChI=1S/C15H20N4O3S/c20-14-11-4-3-10-7-16-12(8-23(21)22)18-13(10)19(11)15(9-17-14)5-1-2-6-15/h7,11,23H,1-6,8-9H2,(H,17,20). The third-order valence-corrected chi connectivity index (χ3v) is 5.87. The molecule has 1 aromatic rings. The van der Waals surface area contributed by atoms with Crippen molar-refractivity contribution >= 4 is 22.4 Å². The van der Waals surface area contributed by atoms with Crippen LogP contribution in [0, 0.1) is 0 Å². The molecular formula is C15H20N4O3S. The number of fused-ring (bicyclic) bond motifs is 4. The van der Waals surface area contributed by atoms with Crippen molar-refractivity contribution in [2.75, 3.05) is 11.4 Å². The highest BCUT2D eigenvalue weighted by atomic mass is 32.2. The lowest BCUT2D eigenvalue weighted by Crippen LogP contribution is -2.68. The summed E-state index contributed by atoms with van der Waals surface area (Å²) in [7, 11) is -2.56. The van der Waals surface area contributed by atoms with Gasteiger partial charge in [-0.1, -0.05) is 12.8 Å². The van der Waals surface area contributed by atoms with Crippen LogP contribution in [0.2, 0.25) is 0 Å². The van der Waals surface area contributed by atoms with Crippen LogP contribution in [0.5, 0.6) is 0 Å². The van der Waals surface area contributed by atoms with Gasteiger partial charge in [0, 0.05) is 18.3 Å². The summed E-state index contributed by atoms with van der Waals surface area (Å²) < 4.78 is 22.0. The van der Waals surface area contributed by atoms with Crippen LogP contribution < -0.4 is 10.2 Å². The van der Waals surface area contributed by atoms with Gasteiger partial charge in [0.25, 0.3) is 0 Å². The van der Waals surface area contributed by atoms with Crippen molar-refractivity contribution in [2.24, 2.45) is 0 Å². The Kier molecular flexibility index (Phi) is 3.51. The number of aromatic nitrogens is 2. The lowest BCUT2D eigenvalue weighted by atomic mass is 9.85. The second-order valence-corrected chi connectivity index (χ2v) is 7.68. The minimum Gasteiger partial charge on any atom is -0.352 e. The van der Waals surface area contributed by atoms with E-state index in [1.54, 1.807) is 6.20 Å². The van der Waals surface area contributed by atoms with Gasteiger partial charge >= 0.3 is 0 Å². The summed E-state index contributed by atoms with van der Waals surface area (Å²) in [5.41, 5.74) is 0.950. The first-order valence-electron chi connectivity index (χ1n) is 8.13. The number of nitrogens with zero attached hydrogens (tertiary/aromatic N) is 3. The summed E-state index contributed by atoms with van der Waals surface area (Å²) in [4.78, 5) is 23.3. The van der Waals surface area contributed by atoms with Crippen LogP contribution in [0.3, 0.4) is 0 Å². The maximum atomic E-state index is 12.3. The fraction of sp³-hybridized carbons (Fsp3) is 0.667. The van der Waals surface area contributed by atoms with Gasteiger partial charge in [-0.15, -0.1) is 0 Å². The fourth-order valence-corrected chi connectivity index (χ4v) is 4.67. The highest BCUT2D eigenvalue weighted by Crippen LogP contribution is 2.44. The Labute approximate surface area is 136 Å². The first kappa shape index (κ1) is 14.9. The Hall–Kier alpha value is -1.70. The molecule has 0 bridgehead atoms. The summed E-state index contributed by atoms with van der Waals surface area (Å²) in [6.07, 6.45) is 7.64. The second kappa shape index (κ2) is 5.43. The van der Waals surface area contributed by atoms with E-state index in [9.17, 15) is 13.2 Å². The Morgan fingerprint density at radius 3 is 2.87 bits per heavy atom. The van der Waals surface area contributed by atoms with E-state index >= 15 is 0 Å². The van der Waals surface area contributed by atoms with E-state index in [1.807, 2.05) is 0 Å². The molecule has 2 fully saturated rings. The van der Waals surface area contributed by atoms with Gasteiger partial charge in [-0.2, -0.15) is 0 Å². The number of anilines is 1. The summed E-state index contributed by atoms with van der Waals surface area (Å²) >= 11 is 0. The number of nitrogens with one attached hydrogen (secondary N) is 1. The molecule has 1 unspecified atom stereocenters. The molecule has 1 aliphatic carbocycles. The Balaban J connectivity index is 1.81. The number of aryl methyl sites for hydroxylation is 1. The maximum absolute atomic E-state index is 12.3. The third-order valence-electron chi connectivity index (χ3n) is 5.33. The first-order valence-corrected chi connectivity index (χ1v) is 9.49. The van der Waals surface area contributed by atoms with Crippen LogP contribution in [0.4, 0.5) is 5.82 Å². The van der Waals surface area contributed by atoms with Gasteiger partial charge in [0.15, 0.2) is 0 Å². The number of carbonyl (C=O) groups is 1. The number of piperazine rings is 1. The van der Waals surface area contributed by atoms with Crippen molar-refractivity contribution in [1.29, 1.82) is 0 Å². The van der Waals surface area contributed by atoms with Crippen LogP contribution in [0.15, 0.2) is 6.20 Å². The molecule has 1 spiro atoms. The molecule has 7 nitrogen and oxygen atoms in total. The fourth-order valence-electron chi connectivity index (χ4n) is 4.29. The van der Waals surface area contributed by atoms with E-state index in [0.717, 1.165) is 49.9 Å². The van der Waals surface area contributed by atoms with Gasteiger partial charge in [-0.05, 0) is 25.7 Å². The molecule has 2 aliphatic heterocycles. The van der Waals surface area contributed by atoms with Crippen molar-refractivity contribution in [3.8, 4) is 0 Å². The van der Waals surface area contributed by atoms with E-state index in [2.05, 4.69) is 20.2 Å². The average Bonchev–Trinajstić information content (AvgIpc) is 2.99. The number of rotatable bonds is 2. The summed E-state index contributed by atoms with van der Waals surface area (Å²) in [5.74, 6) is 1.00. The quantitative estimate of drug-likeness (QED) is 0.747. The zero-order chi connectivity index (χ0) is 16.0. The average molecular weight is 336 g/mol. The topological polar surface area (TPSA) is 92.3 Å². The molecule has 1 saturated heterocycles. The lowest BCUT2D eigenvalue weighted by Gasteiger charge is -2.52. The van der Waals surface area contributed by atoms with E-state index in [-0.39, 0.29) is 23.2 Å². The largest absolute Gasteiger partial charge is 0.352 e. The maximum Gasteiger partial charge on any atom is 0.242 e. The van der Waals surface area contributed by atoms with Gasteiger partial charge in [0.2, 0.25) is 5.91 Å². The van der Waals surface area contributed by atoms with E-state index < -0.39 is 10.7 Å². The molecule has 1 aromatic heterocycles. The number of amides is 1. The van der Waals surface area contributed by atoms with Gasteiger partial charge in [0.05, 0.1) is 5.54 Å². The molecule has 8 heteroatoms. The van der Waals surface area contributed by atoms with Crippen molar-refractivity contribution in [1.82, 2.24) is 15.3 Å². The molecule has 1 saturated carbocycles. The molecule has 0 aromatic carbocycles. The Bertz CT molecular complexity index is 719. The first-order chi connectivity index (χ1) is 11.1. The predicted molar refractivity (Wildman–Crippen MR) is 84.8 cm³/mol. The van der Waals surface area contributed by atoms with Crippen LogP contribution in [-0.4, -0.2) is 42.4 Å². The molecule has 23 heavy (non-hydrogen) atoms. The Morgan fingerprint density at radius 2 is 2.13 bits per heavy atom. The highest BCUT2D eigenvalue weighted by Gasteiger charge is 2.50. The molecule has 124 valence electrons. The Morgan fingerprint density at radius 1 is 1.35 bits per heavy atom. The van der Waals surface area contributed by atoms with Gasteiger partial charge in [-0.25, -0.2) is 18.4 Å². The minimum atomic E-state index is -2.56. The summed E-state index contributed by atoms with van der Waals surface area (Å²) in [6.45, 7) is 0.650. The van der Waals surface area contributed by atoms with Crippen molar-refractivity contribution in [3.63, 3.8) is 0 Å². The van der Waals surface area contributed by atoms with Crippen LogP contribution >= 0.6 is 0 Å². The number of hydrogen-bond donors (Lipinski definition) is 2. The molecule has 1 amide bonds. The zero-order valence-corrected chi connectivity index (χ0v) is 13.7. The SMILES string of the molecule is O=C1NCC2(CCCC2)N2c3nc(C[SH](=O)=O)ncc3CCC12. The van der Waals surface area contributed by atoms with Gasteiger partial charge in [-0.3, -0.25) is 4.79 Å². The molecule has 0 radical (unpaired) electrons. The van der Waals surface area contributed by atoms with E-state index in [0.29, 0.717) is 12.4 Å². The van der Waals surface area contributed by atoms with Gasteiger partial charge < -0.3 is 10.2 Å². The highest BCUT2D eigenvalue weighted by molar-refractivity contribution is 7.71. The minimum absolute atomic E-state index is 0.0586. The van der Waals surface area contributed by atoms with Crippen molar-refractivity contribution in [2.45, 2.75) is 55.9 Å². The number of hydrogen-bond acceptors (Lipinski definition) is 6. The van der Waals surface area contributed by atoms with Crippen molar-refractivity contribution in [3.05, 3.63) is 17.6 Å². The number of thiol groups is 1. The van der Waals surface area contributed by atoms with Crippen molar-refractivity contribution < 1.29 is 13.2 Å². The second-order valence-electron chi connectivity index (χ2n) is 6.70. The molecule has 1 N–H and O–H groups in total. The molecule has 3 heterocycles. The number of carbonyl (C=O) groups excluding carboxylic acids is 1.